The molecule has 4 atom stereocenters. The Morgan fingerprint density at radius 3 is 1.62 bits per heavy atom. The molecule has 6 aromatic rings. The van der Waals surface area contributed by atoms with E-state index in [2.05, 4.69) is 102 Å². The summed E-state index contributed by atoms with van der Waals surface area (Å²) >= 11 is 1.86. The lowest BCUT2D eigenvalue weighted by Gasteiger charge is -2.35. The number of para-hydroxylation sites is 1. The van der Waals surface area contributed by atoms with Crippen molar-refractivity contribution in [3.63, 3.8) is 0 Å². The highest BCUT2D eigenvalue weighted by molar-refractivity contribution is 8.00. The number of fused-ring (bicyclic) bond motifs is 7. The third kappa shape index (κ3) is 3.30. The molecule has 0 N–H and O–H groups in total. The first kappa shape index (κ1) is 27.6. The number of benzene rings is 6. The van der Waals surface area contributed by atoms with Gasteiger partial charge in [0.15, 0.2) is 11.6 Å². The van der Waals surface area contributed by atoms with Crippen LogP contribution in [0, 0.1) is 0 Å². The largest absolute Gasteiger partial charge is 0.345 e. The summed E-state index contributed by atoms with van der Waals surface area (Å²) in [7, 11) is 0. The van der Waals surface area contributed by atoms with Crippen molar-refractivity contribution < 1.29 is 9.59 Å². The molecule has 4 aliphatic rings. The van der Waals surface area contributed by atoms with Crippen LogP contribution in [0.5, 0.6) is 0 Å². The number of ketones is 2. The van der Waals surface area contributed by atoms with E-state index in [1.165, 1.54) is 16.0 Å². The Balaban J connectivity index is 1.41. The molecular weight excluding hydrogens is 607 g/mol. The van der Waals surface area contributed by atoms with Crippen molar-refractivity contribution >= 4 is 34.6 Å². The maximum absolute atomic E-state index is 15.4. The molecule has 1 saturated carbocycles. The summed E-state index contributed by atoms with van der Waals surface area (Å²) in [5, 5.41) is -0.102. The minimum Gasteiger partial charge on any atom is -0.345 e. The number of carbonyl (C=O) groups is 2. The minimum absolute atomic E-state index is 0.0417. The number of rotatable bonds is 4. The van der Waals surface area contributed by atoms with Gasteiger partial charge in [0.05, 0.1) is 21.9 Å². The van der Waals surface area contributed by atoms with Crippen molar-refractivity contribution in [2.24, 2.45) is 0 Å². The van der Waals surface area contributed by atoms with E-state index in [4.69, 9.17) is 0 Å². The molecule has 6 aromatic carbocycles. The lowest BCUT2D eigenvalue weighted by Crippen LogP contribution is -2.47. The zero-order valence-electron chi connectivity index (χ0n) is 25.9. The summed E-state index contributed by atoms with van der Waals surface area (Å²) in [6.07, 6.45) is 0. The van der Waals surface area contributed by atoms with Gasteiger partial charge in [-0.05, 0) is 45.5 Å². The van der Waals surface area contributed by atoms with Gasteiger partial charge in [-0.3, -0.25) is 9.59 Å². The quantitative estimate of drug-likeness (QED) is 0.181. The van der Waals surface area contributed by atoms with Crippen molar-refractivity contribution in [1.29, 1.82) is 0 Å². The highest BCUT2D eigenvalue weighted by Gasteiger charge is 2.88. The van der Waals surface area contributed by atoms with Gasteiger partial charge >= 0.3 is 0 Å². The van der Waals surface area contributed by atoms with Crippen LogP contribution in [0.15, 0.2) is 174 Å². The Labute approximate surface area is 283 Å². The van der Waals surface area contributed by atoms with E-state index < -0.39 is 16.9 Å². The second-order valence-corrected chi connectivity index (χ2v) is 14.1. The summed E-state index contributed by atoms with van der Waals surface area (Å²) in [6.45, 7) is 0. The second kappa shape index (κ2) is 10.0. The first-order valence-electron chi connectivity index (χ1n) is 16.4. The molecule has 10 rings (SSSR count). The van der Waals surface area contributed by atoms with E-state index >= 15 is 4.79 Å². The number of piperidine rings is 1. The number of hydrogen-bond acceptors (Lipinski definition) is 4. The molecule has 0 bridgehead atoms. The van der Waals surface area contributed by atoms with Crippen molar-refractivity contribution in [3.8, 4) is 0 Å². The molecule has 2 aliphatic carbocycles. The number of nitrogens with zero attached hydrogens (tertiary/aromatic N) is 1. The Hall–Kier alpha value is -5.45. The zero-order chi connectivity index (χ0) is 32.0. The maximum Gasteiger partial charge on any atom is 0.194 e. The summed E-state index contributed by atoms with van der Waals surface area (Å²) in [5.41, 5.74) is 8.37. The first-order valence-corrected chi connectivity index (χ1v) is 17.3. The van der Waals surface area contributed by atoms with Crippen LogP contribution in [0.1, 0.15) is 48.5 Å². The first-order chi connectivity index (χ1) is 23.7. The van der Waals surface area contributed by atoms with E-state index in [1.54, 1.807) is 0 Å². The van der Waals surface area contributed by atoms with Gasteiger partial charge in [0.25, 0.3) is 0 Å². The van der Waals surface area contributed by atoms with Crippen molar-refractivity contribution in [2.75, 3.05) is 4.90 Å². The van der Waals surface area contributed by atoms with E-state index in [1.807, 2.05) is 78.5 Å². The summed E-state index contributed by atoms with van der Waals surface area (Å²) in [4.78, 5) is 33.1. The molecule has 0 amide bonds. The van der Waals surface area contributed by atoms with Crippen molar-refractivity contribution in [3.05, 3.63) is 208 Å². The third-order valence-electron chi connectivity index (χ3n) is 10.9. The molecule has 1 saturated heterocycles. The number of Topliss-reactive ketones (excluding diaryl/α,β-unsaturated/α-hetero) is 1. The molecule has 2 heterocycles. The molecule has 0 unspecified atom stereocenters. The van der Waals surface area contributed by atoms with Gasteiger partial charge in [0.1, 0.15) is 6.04 Å². The monoisotopic (exact) mass is 635 g/mol. The predicted molar refractivity (Wildman–Crippen MR) is 192 cm³/mol. The Kier molecular flexibility index (Phi) is 5.77. The van der Waals surface area contributed by atoms with Crippen LogP contribution in [-0.4, -0.2) is 23.0 Å². The Bertz CT molecular complexity index is 2280. The summed E-state index contributed by atoms with van der Waals surface area (Å²) in [6, 6.07) is 55.3. The van der Waals surface area contributed by atoms with Crippen molar-refractivity contribution in [2.45, 2.75) is 27.1 Å². The molecule has 4 heteroatoms. The van der Waals surface area contributed by atoms with Gasteiger partial charge in [-0.15, -0.1) is 0 Å². The average molecular weight is 636 g/mol. The van der Waals surface area contributed by atoms with Crippen LogP contribution in [-0.2, 0) is 10.8 Å². The fourth-order valence-electron chi connectivity index (χ4n) is 9.25. The topological polar surface area (TPSA) is 37.4 Å². The van der Waals surface area contributed by atoms with Gasteiger partial charge in [0.2, 0.25) is 0 Å². The fraction of sp³-hybridized carbons (Fsp3) is 0.0909. The Morgan fingerprint density at radius 2 is 1.02 bits per heavy atom. The smallest absolute Gasteiger partial charge is 0.194 e. The average Bonchev–Trinajstić information content (AvgIpc) is 3.44. The minimum atomic E-state index is -0.732. The van der Waals surface area contributed by atoms with Crippen LogP contribution in [0.4, 0.5) is 5.69 Å². The maximum atomic E-state index is 15.4. The number of thioether (sulfide) groups is 1. The molecular formula is C44H29NO2S. The second-order valence-electron chi connectivity index (χ2n) is 13.0. The standard InChI is InChI=1S/C44H29NO2S/c46-38(28-16-4-1-5-17-28)41-43(29-18-6-2-7-19-29)40(37-31-22-10-12-24-33(31)39(47)34-25-13-11-23-32(34)37)44(43,30-20-8-3-9-21-30)42-45(41)35-26-14-15-27-36(35)48-42/h1-27,41-42H/t41-,42-,43-,44-/m1/s1. The summed E-state index contributed by atoms with van der Waals surface area (Å²) < 4.78 is 0. The molecule has 3 nitrogen and oxygen atoms in total. The van der Waals surface area contributed by atoms with Crippen LogP contribution in [0.2, 0.25) is 0 Å². The molecule has 0 aromatic heterocycles. The zero-order valence-corrected chi connectivity index (χ0v) is 26.7. The van der Waals surface area contributed by atoms with E-state index in [9.17, 15) is 4.79 Å². The normalized spacial score (nSPS) is 24.3. The van der Waals surface area contributed by atoms with Gasteiger partial charge in [-0.25, -0.2) is 0 Å². The van der Waals surface area contributed by atoms with Crippen LogP contribution in [0.25, 0.3) is 5.57 Å². The number of carbonyl (C=O) groups excluding carboxylic acids is 2. The highest BCUT2D eigenvalue weighted by atomic mass is 32.2. The molecule has 2 aliphatic heterocycles. The summed E-state index contributed by atoms with van der Waals surface area (Å²) in [5.74, 6) is 0.142. The predicted octanol–water partition coefficient (Wildman–Crippen LogP) is 9.13. The van der Waals surface area contributed by atoms with Gasteiger partial charge in [0, 0.05) is 21.6 Å². The number of anilines is 1. The van der Waals surface area contributed by atoms with E-state index in [0.29, 0.717) is 16.7 Å². The van der Waals surface area contributed by atoms with Crippen LogP contribution < -0.4 is 4.90 Å². The van der Waals surface area contributed by atoms with Crippen molar-refractivity contribution in [1.82, 2.24) is 0 Å². The van der Waals surface area contributed by atoms with E-state index in [-0.39, 0.29) is 16.9 Å². The SMILES string of the molecule is O=C1c2ccccc2C(=C2[C@]3(c4ccccc4)[C@H]4Sc5ccccc5N4[C@H](C(=O)c4ccccc4)[C@@]23c2ccccc2)c2ccccc21. The van der Waals surface area contributed by atoms with Gasteiger partial charge in [-0.2, -0.15) is 0 Å². The molecule has 0 radical (unpaired) electrons. The van der Waals surface area contributed by atoms with E-state index in [0.717, 1.165) is 28.0 Å². The Morgan fingerprint density at radius 1 is 0.542 bits per heavy atom. The van der Waals surface area contributed by atoms with Gasteiger partial charge in [-0.1, -0.05) is 163 Å². The molecule has 0 spiro atoms. The fourth-order valence-corrected chi connectivity index (χ4v) is 10.9. The highest BCUT2D eigenvalue weighted by Crippen LogP contribution is 2.84. The lowest BCUT2D eigenvalue weighted by molar-refractivity contribution is 0.0947. The molecule has 228 valence electrons. The lowest BCUT2D eigenvalue weighted by atomic mass is 9.76. The third-order valence-corrected chi connectivity index (χ3v) is 12.3. The van der Waals surface area contributed by atoms with Gasteiger partial charge < -0.3 is 4.90 Å². The number of hydrogen-bond donors (Lipinski definition) is 0. The van der Waals surface area contributed by atoms with Crippen LogP contribution in [0.3, 0.4) is 0 Å². The van der Waals surface area contributed by atoms with Crippen LogP contribution >= 0.6 is 11.8 Å². The molecule has 48 heavy (non-hydrogen) atoms. The molecule has 2 fully saturated rings.